The first kappa shape index (κ1) is 23.7. The van der Waals surface area contributed by atoms with Gasteiger partial charge in [-0.15, -0.1) is 0 Å². The molecule has 1 aromatic heterocycles. The standard InChI is InChI=1S/C31H38N3O/c1-3-7-24-9-11-25(12-10-24)26-13-15-27(16-14-26)34(22-31(32)17-4-5-18-31)30(35)28-20-29(28)33-19-6-8-23(2)21-33/h6,8-16,19,21,28-29H,3-5,7,17-18,20,22,32H2,1-2H3/q+1/t28-,29-/m0/s1. The van der Waals surface area contributed by atoms with Gasteiger partial charge in [0.05, 0.1) is 0 Å². The number of hydrogen-bond donors (Lipinski definition) is 1. The zero-order valence-corrected chi connectivity index (χ0v) is 21.1. The summed E-state index contributed by atoms with van der Waals surface area (Å²) in [4.78, 5) is 15.8. The second kappa shape index (κ2) is 9.94. The summed E-state index contributed by atoms with van der Waals surface area (Å²) in [5.41, 5.74) is 12.4. The lowest BCUT2D eigenvalue weighted by Gasteiger charge is -2.32. The van der Waals surface area contributed by atoms with E-state index in [9.17, 15) is 4.79 Å². The molecule has 2 aliphatic carbocycles. The van der Waals surface area contributed by atoms with Gasteiger partial charge in [0.1, 0.15) is 5.92 Å². The molecule has 1 amide bonds. The Morgan fingerprint density at radius 1 is 1.03 bits per heavy atom. The van der Waals surface area contributed by atoms with Gasteiger partial charge in [-0.25, -0.2) is 4.57 Å². The molecule has 4 nitrogen and oxygen atoms in total. The number of carbonyl (C=O) groups is 1. The van der Waals surface area contributed by atoms with Crippen LogP contribution in [0.2, 0.25) is 0 Å². The molecule has 0 saturated heterocycles. The largest absolute Gasteiger partial charge is 0.324 e. The lowest BCUT2D eigenvalue weighted by Crippen LogP contribution is -2.51. The number of rotatable bonds is 8. The Morgan fingerprint density at radius 2 is 1.69 bits per heavy atom. The molecule has 2 aromatic carbocycles. The Labute approximate surface area is 209 Å². The second-order valence-corrected chi connectivity index (χ2v) is 10.7. The lowest BCUT2D eigenvalue weighted by molar-refractivity contribution is -0.702. The number of aromatic nitrogens is 1. The number of carbonyl (C=O) groups excluding carboxylic acids is 1. The number of amides is 1. The van der Waals surface area contributed by atoms with Crippen molar-refractivity contribution in [3.8, 4) is 11.1 Å². The van der Waals surface area contributed by atoms with E-state index in [0.29, 0.717) is 6.54 Å². The molecule has 2 fully saturated rings. The van der Waals surface area contributed by atoms with E-state index in [1.807, 2.05) is 4.90 Å². The molecule has 0 unspecified atom stereocenters. The van der Waals surface area contributed by atoms with Crippen LogP contribution in [0.4, 0.5) is 5.69 Å². The summed E-state index contributed by atoms with van der Waals surface area (Å²) in [6.45, 7) is 4.90. The van der Waals surface area contributed by atoms with Crippen LogP contribution in [0, 0.1) is 12.8 Å². The summed E-state index contributed by atoms with van der Waals surface area (Å²) in [6.07, 6.45) is 11.7. The fourth-order valence-electron chi connectivity index (χ4n) is 5.63. The number of hydrogen-bond acceptors (Lipinski definition) is 2. The zero-order valence-electron chi connectivity index (χ0n) is 21.1. The van der Waals surface area contributed by atoms with Crippen LogP contribution in [-0.4, -0.2) is 18.0 Å². The molecule has 0 aliphatic heterocycles. The van der Waals surface area contributed by atoms with Gasteiger partial charge in [-0.3, -0.25) is 4.79 Å². The van der Waals surface area contributed by atoms with E-state index in [1.165, 1.54) is 22.3 Å². The summed E-state index contributed by atoms with van der Waals surface area (Å²) in [6, 6.07) is 21.7. The molecule has 0 radical (unpaired) electrons. The minimum atomic E-state index is -0.287. The third-order valence-corrected chi connectivity index (χ3v) is 7.77. The van der Waals surface area contributed by atoms with Crippen LogP contribution in [0.5, 0.6) is 0 Å². The van der Waals surface area contributed by atoms with Crippen LogP contribution in [0.15, 0.2) is 73.1 Å². The average molecular weight is 469 g/mol. The molecule has 1 heterocycles. The van der Waals surface area contributed by atoms with E-state index in [4.69, 9.17) is 5.73 Å². The molecule has 2 atom stereocenters. The summed E-state index contributed by atoms with van der Waals surface area (Å²) in [5.74, 6) is 0.218. The van der Waals surface area contributed by atoms with Gasteiger partial charge in [-0.05, 0) is 61.1 Å². The number of pyridine rings is 1. The molecular formula is C31H38N3O+. The van der Waals surface area contributed by atoms with Crippen LogP contribution in [0.1, 0.15) is 62.6 Å². The number of anilines is 1. The van der Waals surface area contributed by atoms with Crippen molar-refractivity contribution in [3.63, 3.8) is 0 Å². The van der Waals surface area contributed by atoms with E-state index < -0.39 is 0 Å². The van der Waals surface area contributed by atoms with Gasteiger partial charge in [0, 0.05) is 35.8 Å². The van der Waals surface area contributed by atoms with Gasteiger partial charge in [0.15, 0.2) is 18.4 Å². The van der Waals surface area contributed by atoms with E-state index in [-0.39, 0.29) is 23.4 Å². The number of nitrogens with two attached hydrogens (primary N) is 1. The first-order valence-corrected chi connectivity index (χ1v) is 13.2. The Morgan fingerprint density at radius 3 is 2.31 bits per heavy atom. The second-order valence-electron chi connectivity index (χ2n) is 10.7. The first-order chi connectivity index (χ1) is 17.0. The molecular weight excluding hydrogens is 430 g/mol. The first-order valence-electron chi connectivity index (χ1n) is 13.2. The van der Waals surface area contributed by atoms with Crippen molar-refractivity contribution < 1.29 is 9.36 Å². The molecule has 0 spiro atoms. The SMILES string of the molecule is CCCc1ccc(-c2ccc(N(CC3(N)CCCC3)C(=O)[C@H]3C[C@@H]3[n+]3cccc(C)c3)cc2)cc1. The maximum atomic E-state index is 13.8. The molecule has 0 bridgehead atoms. The van der Waals surface area contributed by atoms with E-state index in [2.05, 4.69) is 91.5 Å². The zero-order chi connectivity index (χ0) is 24.4. The minimum Gasteiger partial charge on any atom is -0.324 e. The third-order valence-electron chi connectivity index (χ3n) is 7.77. The highest BCUT2D eigenvalue weighted by Gasteiger charge is 2.53. The molecule has 2 saturated carbocycles. The smallest absolute Gasteiger partial charge is 0.237 e. The molecule has 4 heteroatoms. The van der Waals surface area contributed by atoms with Crippen LogP contribution < -0.4 is 15.2 Å². The van der Waals surface area contributed by atoms with Crippen molar-refractivity contribution >= 4 is 11.6 Å². The third kappa shape index (κ3) is 5.33. The van der Waals surface area contributed by atoms with Gasteiger partial charge < -0.3 is 10.6 Å². The highest BCUT2D eigenvalue weighted by atomic mass is 16.2. The highest BCUT2D eigenvalue weighted by Crippen LogP contribution is 2.42. The molecule has 2 aliphatic rings. The maximum Gasteiger partial charge on any atom is 0.237 e. The molecule has 182 valence electrons. The van der Waals surface area contributed by atoms with Gasteiger partial charge in [0.2, 0.25) is 5.91 Å². The predicted molar refractivity (Wildman–Crippen MR) is 142 cm³/mol. The quantitative estimate of drug-likeness (QED) is 0.427. The fourth-order valence-corrected chi connectivity index (χ4v) is 5.63. The topological polar surface area (TPSA) is 50.2 Å². The van der Waals surface area contributed by atoms with E-state index in [0.717, 1.165) is 50.6 Å². The monoisotopic (exact) mass is 468 g/mol. The number of nitrogens with zero attached hydrogens (tertiary/aromatic N) is 2. The molecule has 5 rings (SSSR count). The number of aryl methyl sites for hydroxylation is 2. The van der Waals surface area contributed by atoms with Crippen LogP contribution in [-0.2, 0) is 11.2 Å². The summed E-state index contributed by atoms with van der Waals surface area (Å²) >= 11 is 0. The Bertz CT molecular complexity index is 1160. The van der Waals surface area contributed by atoms with Crippen LogP contribution in [0.3, 0.4) is 0 Å². The van der Waals surface area contributed by atoms with Gasteiger partial charge in [0.25, 0.3) is 0 Å². The van der Waals surface area contributed by atoms with Crippen molar-refractivity contribution in [3.05, 3.63) is 84.2 Å². The van der Waals surface area contributed by atoms with Crippen molar-refractivity contribution in [2.24, 2.45) is 11.7 Å². The summed E-state index contributed by atoms with van der Waals surface area (Å²) < 4.78 is 2.20. The van der Waals surface area contributed by atoms with Crippen molar-refractivity contribution in [2.45, 2.75) is 70.4 Å². The van der Waals surface area contributed by atoms with Crippen LogP contribution in [0.25, 0.3) is 11.1 Å². The molecule has 3 aromatic rings. The lowest BCUT2D eigenvalue weighted by atomic mass is 9.97. The van der Waals surface area contributed by atoms with Gasteiger partial charge in [-0.1, -0.05) is 62.6 Å². The Balaban J connectivity index is 1.37. The van der Waals surface area contributed by atoms with Gasteiger partial charge >= 0.3 is 0 Å². The van der Waals surface area contributed by atoms with Crippen molar-refractivity contribution in [1.82, 2.24) is 0 Å². The fraction of sp³-hybridized carbons (Fsp3) is 0.419. The number of benzene rings is 2. The molecule has 2 N–H and O–H groups in total. The minimum absolute atomic E-state index is 0.0117. The average Bonchev–Trinajstić information content (AvgIpc) is 3.56. The van der Waals surface area contributed by atoms with E-state index >= 15 is 0 Å². The summed E-state index contributed by atoms with van der Waals surface area (Å²) in [5, 5.41) is 0. The predicted octanol–water partition coefficient (Wildman–Crippen LogP) is 5.77. The Kier molecular flexibility index (Phi) is 6.75. The molecule has 35 heavy (non-hydrogen) atoms. The highest BCUT2D eigenvalue weighted by molar-refractivity contribution is 5.97. The normalized spacial score (nSPS) is 20.5. The van der Waals surface area contributed by atoms with Crippen molar-refractivity contribution in [1.29, 1.82) is 0 Å². The Hall–Kier alpha value is -2.98. The maximum absolute atomic E-state index is 13.8. The van der Waals surface area contributed by atoms with Crippen molar-refractivity contribution in [2.75, 3.05) is 11.4 Å². The van der Waals surface area contributed by atoms with Gasteiger partial charge in [-0.2, -0.15) is 0 Å². The van der Waals surface area contributed by atoms with E-state index in [1.54, 1.807) is 0 Å². The summed E-state index contributed by atoms with van der Waals surface area (Å²) in [7, 11) is 0. The van der Waals surface area contributed by atoms with Crippen LogP contribution >= 0.6 is 0 Å².